The van der Waals surface area contributed by atoms with E-state index in [9.17, 15) is 0 Å². The largest absolute Gasteiger partial charge is 0.389 e. The first-order valence-electron chi connectivity index (χ1n) is 6.47. The summed E-state index contributed by atoms with van der Waals surface area (Å²) in [7, 11) is 2.06. The van der Waals surface area contributed by atoms with Crippen molar-refractivity contribution in [1.82, 2.24) is 4.90 Å². The first-order chi connectivity index (χ1) is 9.95. The van der Waals surface area contributed by atoms with Crippen LogP contribution in [0.2, 0.25) is 5.02 Å². The van der Waals surface area contributed by atoms with E-state index < -0.39 is 0 Å². The maximum Gasteiger partial charge on any atom is 0.103 e. The number of benzene rings is 2. The zero-order valence-electron chi connectivity index (χ0n) is 11.6. The van der Waals surface area contributed by atoms with Crippen LogP contribution < -0.4 is 5.73 Å². The van der Waals surface area contributed by atoms with Crippen LogP contribution in [0.4, 0.5) is 0 Å². The lowest BCUT2D eigenvalue weighted by Gasteiger charge is -2.18. The molecule has 110 valence electrons. The summed E-state index contributed by atoms with van der Waals surface area (Å²) >= 11 is 14.7. The van der Waals surface area contributed by atoms with Crippen molar-refractivity contribution in [2.24, 2.45) is 5.73 Å². The van der Waals surface area contributed by atoms with E-state index in [2.05, 4.69) is 33.9 Å². The van der Waals surface area contributed by atoms with Gasteiger partial charge in [-0.25, -0.2) is 0 Å². The molecule has 2 aromatic carbocycles. The van der Waals surface area contributed by atoms with Crippen LogP contribution in [0.3, 0.4) is 0 Å². The lowest BCUT2D eigenvalue weighted by Crippen LogP contribution is -2.18. The first kappa shape index (κ1) is 16.4. The quantitative estimate of drug-likeness (QED) is 0.777. The summed E-state index contributed by atoms with van der Waals surface area (Å²) in [5.74, 6) is 0. The van der Waals surface area contributed by atoms with E-state index in [0.717, 1.165) is 33.7 Å². The third-order valence-electron chi connectivity index (χ3n) is 3.12. The molecular weight excluding hydrogens is 368 g/mol. The Labute approximate surface area is 144 Å². The average Bonchev–Trinajstić information content (AvgIpc) is 2.42. The molecule has 2 N–H and O–H groups in total. The van der Waals surface area contributed by atoms with Gasteiger partial charge in [-0.1, -0.05) is 64.0 Å². The molecule has 0 aliphatic carbocycles. The van der Waals surface area contributed by atoms with Gasteiger partial charge in [-0.3, -0.25) is 4.90 Å². The van der Waals surface area contributed by atoms with Gasteiger partial charge in [-0.2, -0.15) is 0 Å². The van der Waals surface area contributed by atoms with Crippen LogP contribution >= 0.6 is 39.7 Å². The summed E-state index contributed by atoms with van der Waals surface area (Å²) in [4.78, 5) is 2.63. The standard InChI is InChI=1S/C16H16BrClN2S/c1-20(10-13-5-6-14(17)8-15(13)18)9-11-3-2-4-12(7-11)16(19)21/h2-8H,9-10H2,1H3,(H2,19,21). The van der Waals surface area contributed by atoms with Crippen LogP contribution in [0, 0.1) is 0 Å². The first-order valence-corrected chi connectivity index (χ1v) is 8.05. The van der Waals surface area contributed by atoms with E-state index in [1.165, 1.54) is 5.56 Å². The molecular formula is C16H16BrClN2S. The van der Waals surface area contributed by atoms with Crippen LogP contribution in [0.25, 0.3) is 0 Å². The predicted molar refractivity (Wildman–Crippen MR) is 96.7 cm³/mol. The van der Waals surface area contributed by atoms with Crippen LogP contribution in [-0.2, 0) is 13.1 Å². The van der Waals surface area contributed by atoms with Gasteiger partial charge in [0.05, 0.1) is 0 Å². The van der Waals surface area contributed by atoms with Crippen LogP contribution in [-0.4, -0.2) is 16.9 Å². The second-order valence-electron chi connectivity index (χ2n) is 4.97. The lowest BCUT2D eigenvalue weighted by molar-refractivity contribution is 0.319. The number of hydrogen-bond acceptors (Lipinski definition) is 2. The summed E-state index contributed by atoms with van der Waals surface area (Å²) in [5.41, 5.74) is 8.85. The zero-order chi connectivity index (χ0) is 15.4. The molecule has 0 atom stereocenters. The summed E-state index contributed by atoms with van der Waals surface area (Å²) in [6.07, 6.45) is 0. The molecule has 0 aliphatic heterocycles. The Bertz CT molecular complexity index is 660. The average molecular weight is 384 g/mol. The van der Waals surface area contributed by atoms with Gasteiger partial charge >= 0.3 is 0 Å². The molecule has 0 aromatic heterocycles. The molecule has 0 spiro atoms. The minimum Gasteiger partial charge on any atom is -0.389 e. The molecule has 2 aromatic rings. The molecule has 0 fully saturated rings. The van der Waals surface area contributed by atoms with Gasteiger partial charge in [-0.05, 0) is 36.4 Å². The molecule has 0 unspecified atom stereocenters. The molecule has 0 aliphatic rings. The highest BCUT2D eigenvalue weighted by molar-refractivity contribution is 9.10. The Kier molecular flexibility index (Phi) is 5.76. The molecule has 0 radical (unpaired) electrons. The Balaban J connectivity index is 2.06. The van der Waals surface area contributed by atoms with Gasteiger partial charge in [0, 0.05) is 28.1 Å². The molecule has 0 saturated heterocycles. The van der Waals surface area contributed by atoms with Crippen molar-refractivity contribution >= 4 is 44.7 Å². The second-order valence-corrected chi connectivity index (χ2v) is 6.74. The van der Waals surface area contributed by atoms with E-state index in [-0.39, 0.29) is 0 Å². The summed E-state index contributed by atoms with van der Waals surface area (Å²) in [5, 5.41) is 0.771. The molecule has 5 heteroatoms. The van der Waals surface area contributed by atoms with Crippen molar-refractivity contribution in [3.63, 3.8) is 0 Å². The highest BCUT2D eigenvalue weighted by Gasteiger charge is 2.07. The lowest BCUT2D eigenvalue weighted by atomic mass is 10.1. The molecule has 0 heterocycles. The predicted octanol–water partition coefficient (Wildman–Crippen LogP) is 4.37. The fraction of sp³-hybridized carbons (Fsp3) is 0.188. The van der Waals surface area contributed by atoms with E-state index in [1.807, 2.05) is 36.4 Å². The zero-order valence-corrected chi connectivity index (χ0v) is 14.8. The smallest absolute Gasteiger partial charge is 0.103 e. The fourth-order valence-corrected chi connectivity index (χ4v) is 2.99. The Hall–Kier alpha value is -0.940. The maximum absolute atomic E-state index is 6.25. The molecule has 2 rings (SSSR count). The third-order valence-corrected chi connectivity index (χ3v) is 4.20. The van der Waals surface area contributed by atoms with Gasteiger partial charge in [-0.15, -0.1) is 0 Å². The summed E-state index contributed by atoms with van der Waals surface area (Å²) in [6.45, 7) is 1.59. The van der Waals surface area contributed by atoms with Crippen molar-refractivity contribution in [3.8, 4) is 0 Å². The van der Waals surface area contributed by atoms with E-state index in [1.54, 1.807) is 0 Å². The van der Waals surface area contributed by atoms with Gasteiger partial charge in [0.15, 0.2) is 0 Å². The van der Waals surface area contributed by atoms with E-state index in [4.69, 9.17) is 29.6 Å². The Morgan fingerprint density at radius 1 is 1.24 bits per heavy atom. The number of hydrogen-bond donors (Lipinski definition) is 1. The van der Waals surface area contributed by atoms with Crippen LogP contribution in [0.5, 0.6) is 0 Å². The highest BCUT2D eigenvalue weighted by Crippen LogP contribution is 2.22. The van der Waals surface area contributed by atoms with Crippen molar-refractivity contribution in [2.45, 2.75) is 13.1 Å². The fourth-order valence-electron chi connectivity index (χ4n) is 2.13. The van der Waals surface area contributed by atoms with Gasteiger partial charge in [0.1, 0.15) is 4.99 Å². The molecule has 0 saturated carbocycles. The molecule has 0 amide bonds. The number of thiocarbonyl (C=S) groups is 1. The van der Waals surface area contributed by atoms with Crippen molar-refractivity contribution in [3.05, 3.63) is 68.7 Å². The third kappa shape index (κ3) is 4.78. The van der Waals surface area contributed by atoms with Crippen LogP contribution in [0.15, 0.2) is 46.9 Å². The molecule has 21 heavy (non-hydrogen) atoms. The van der Waals surface area contributed by atoms with Crippen molar-refractivity contribution in [2.75, 3.05) is 7.05 Å². The molecule has 0 bridgehead atoms. The number of nitrogens with two attached hydrogens (primary N) is 1. The second kappa shape index (κ2) is 7.36. The summed E-state index contributed by atoms with van der Waals surface area (Å²) < 4.78 is 0.989. The number of rotatable bonds is 5. The van der Waals surface area contributed by atoms with Crippen molar-refractivity contribution in [1.29, 1.82) is 0 Å². The SMILES string of the molecule is CN(Cc1cccc(C(N)=S)c1)Cc1ccc(Br)cc1Cl. The Morgan fingerprint density at radius 3 is 2.67 bits per heavy atom. The van der Waals surface area contributed by atoms with Crippen molar-refractivity contribution < 1.29 is 0 Å². The summed E-state index contributed by atoms with van der Waals surface area (Å²) in [6, 6.07) is 14.0. The van der Waals surface area contributed by atoms with Gasteiger partial charge < -0.3 is 5.73 Å². The van der Waals surface area contributed by atoms with Crippen LogP contribution in [0.1, 0.15) is 16.7 Å². The van der Waals surface area contributed by atoms with Gasteiger partial charge in [0.2, 0.25) is 0 Å². The number of nitrogens with zero attached hydrogens (tertiary/aromatic N) is 1. The maximum atomic E-state index is 6.25. The minimum absolute atomic E-state index is 0.426. The monoisotopic (exact) mass is 382 g/mol. The highest BCUT2D eigenvalue weighted by atomic mass is 79.9. The minimum atomic E-state index is 0.426. The normalized spacial score (nSPS) is 10.9. The Morgan fingerprint density at radius 2 is 2.00 bits per heavy atom. The molecule has 2 nitrogen and oxygen atoms in total. The van der Waals surface area contributed by atoms with Gasteiger partial charge in [0.25, 0.3) is 0 Å². The van der Waals surface area contributed by atoms with E-state index in [0.29, 0.717) is 4.99 Å². The number of halogens is 2. The van der Waals surface area contributed by atoms with E-state index >= 15 is 0 Å². The topological polar surface area (TPSA) is 29.3 Å².